The molecule has 3 aromatic carbocycles. The third-order valence-electron chi connectivity index (χ3n) is 5.91. The molecule has 1 atom stereocenters. The van der Waals surface area contributed by atoms with Gasteiger partial charge in [-0.2, -0.15) is 5.10 Å². The number of halogens is 1. The summed E-state index contributed by atoms with van der Waals surface area (Å²) in [5.41, 5.74) is 4.45. The standard InChI is InChI=1S/C26H21FN4O2/c1-15-25(26(33)30-23-11-19-14-28-31-22(19)13-21(23)27)20(12-24(32)29-15)18-9-7-17(8-10-18)16-5-3-2-4-6-16/h2-11,13-14,20H,12H2,1H3,(H,28,31)(H,29,32)(H,30,33). The Bertz CT molecular complexity index is 1390. The first-order chi connectivity index (χ1) is 16.0. The molecule has 1 unspecified atom stereocenters. The average molecular weight is 440 g/mol. The fraction of sp³-hybridized carbons (Fsp3) is 0.115. The maximum absolute atomic E-state index is 14.6. The highest BCUT2D eigenvalue weighted by atomic mass is 19.1. The first-order valence-electron chi connectivity index (χ1n) is 10.6. The molecule has 4 aromatic rings. The number of nitrogens with one attached hydrogen (secondary N) is 3. The smallest absolute Gasteiger partial charge is 0.254 e. The number of aromatic amines is 1. The van der Waals surface area contributed by atoms with E-state index in [9.17, 15) is 14.0 Å². The molecule has 1 aromatic heterocycles. The number of nitrogens with zero attached hydrogens (tertiary/aromatic N) is 1. The van der Waals surface area contributed by atoms with Gasteiger partial charge in [0.1, 0.15) is 5.82 Å². The summed E-state index contributed by atoms with van der Waals surface area (Å²) in [6, 6.07) is 20.6. The molecule has 7 heteroatoms. The molecule has 0 spiro atoms. The number of rotatable bonds is 4. The van der Waals surface area contributed by atoms with Crippen LogP contribution in [-0.4, -0.2) is 22.0 Å². The third-order valence-corrected chi connectivity index (χ3v) is 5.91. The number of hydrogen-bond donors (Lipinski definition) is 3. The summed E-state index contributed by atoms with van der Waals surface area (Å²) in [6.07, 6.45) is 1.70. The number of carbonyl (C=O) groups is 2. The fourth-order valence-corrected chi connectivity index (χ4v) is 4.28. The zero-order valence-electron chi connectivity index (χ0n) is 17.9. The van der Waals surface area contributed by atoms with Crippen molar-refractivity contribution in [2.75, 3.05) is 5.32 Å². The second-order valence-electron chi connectivity index (χ2n) is 8.08. The van der Waals surface area contributed by atoms with Crippen LogP contribution < -0.4 is 10.6 Å². The minimum Gasteiger partial charge on any atom is -0.330 e. The van der Waals surface area contributed by atoms with E-state index in [1.807, 2.05) is 54.6 Å². The van der Waals surface area contributed by atoms with Crippen LogP contribution in [0.1, 0.15) is 24.8 Å². The van der Waals surface area contributed by atoms with Gasteiger partial charge in [-0.1, -0.05) is 54.6 Å². The number of allylic oxidation sites excluding steroid dienone is 1. The number of anilines is 1. The van der Waals surface area contributed by atoms with Crippen LogP contribution in [-0.2, 0) is 9.59 Å². The maximum atomic E-state index is 14.6. The van der Waals surface area contributed by atoms with Gasteiger partial charge in [-0.3, -0.25) is 14.7 Å². The highest BCUT2D eigenvalue weighted by molar-refractivity contribution is 6.07. The van der Waals surface area contributed by atoms with Crippen molar-refractivity contribution < 1.29 is 14.0 Å². The van der Waals surface area contributed by atoms with Gasteiger partial charge < -0.3 is 10.6 Å². The van der Waals surface area contributed by atoms with E-state index in [1.165, 1.54) is 12.1 Å². The molecule has 0 bridgehead atoms. The lowest BCUT2D eigenvalue weighted by Crippen LogP contribution is -2.35. The quantitative estimate of drug-likeness (QED) is 0.423. The molecule has 0 saturated carbocycles. The summed E-state index contributed by atoms with van der Waals surface area (Å²) in [5, 5.41) is 12.7. The average Bonchev–Trinajstić information content (AvgIpc) is 3.26. The molecule has 164 valence electrons. The molecule has 2 heterocycles. The molecule has 0 aliphatic carbocycles. The molecule has 5 rings (SSSR count). The zero-order chi connectivity index (χ0) is 22.9. The Balaban J connectivity index is 1.46. The van der Waals surface area contributed by atoms with Crippen molar-refractivity contribution in [2.24, 2.45) is 0 Å². The van der Waals surface area contributed by atoms with E-state index in [2.05, 4.69) is 20.8 Å². The van der Waals surface area contributed by atoms with Crippen molar-refractivity contribution in [3.8, 4) is 11.1 Å². The number of hydrogen-bond acceptors (Lipinski definition) is 3. The van der Waals surface area contributed by atoms with Crippen LogP contribution in [0.2, 0.25) is 0 Å². The predicted octanol–water partition coefficient (Wildman–Crippen LogP) is 4.89. The van der Waals surface area contributed by atoms with E-state index >= 15 is 0 Å². The second-order valence-corrected chi connectivity index (χ2v) is 8.08. The molecule has 1 aliphatic rings. The van der Waals surface area contributed by atoms with Crippen LogP contribution in [0.25, 0.3) is 22.0 Å². The summed E-state index contributed by atoms with van der Waals surface area (Å²) >= 11 is 0. The Morgan fingerprint density at radius 3 is 2.55 bits per heavy atom. The number of aromatic nitrogens is 2. The Kier molecular flexibility index (Phi) is 5.22. The Morgan fingerprint density at radius 2 is 1.79 bits per heavy atom. The van der Waals surface area contributed by atoms with Gasteiger partial charge in [-0.25, -0.2) is 4.39 Å². The lowest BCUT2D eigenvalue weighted by Gasteiger charge is -2.27. The monoisotopic (exact) mass is 440 g/mol. The molecule has 33 heavy (non-hydrogen) atoms. The Morgan fingerprint density at radius 1 is 1.06 bits per heavy atom. The largest absolute Gasteiger partial charge is 0.330 e. The Labute approximate surface area is 189 Å². The van der Waals surface area contributed by atoms with Gasteiger partial charge in [0.05, 0.1) is 17.4 Å². The number of fused-ring (bicyclic) bond motifs is 1. The van der Waals surface area contributed by atoms with Crippen LogP contribution in [0.4, 0.5) is 10.1 Å². The van der Waals surface area contributed by atoms with Gasteiger partial charge in [-0.15, -0.1) is 0 Å². The van der Waals surface area contributed by atoms with E-state index in [-0.39, 0.29) is 18.0 Å². The topological polar surface area (TPSA) is 86.9 Å². The first-order valence-corrected chi connectivity index (χ1v) is 10.6. The molecule has 0 fully saturated rings. The number of amides is 2. The summed E-state index contributed by atoms with van der Waals surface area (Å²) in [5.74, 6) is -1.62. The molecule has 3 N–H and O–H groups in total. The van der Waals surface area contributed by atoms with E-state index in [4.69, 9.17) is 0 Å². The summed E-state index contributed by atoms with van der Waals surface area (Å²) in [6.45, 7) is 1.69. The minimum atomic E-state index is -0.568. The normalized spacial score (nSPS) is 16.1. The lowest BCUT2D eigenvalue weighted by molar-refractivity contribution is -0.121. The van der Waals surface area contributed by atoms with Crippen molar-refractivity contribution in [1.29, 1.82) is 0 Å². The molecular weight excluding hydrogens is 419 g/mol. The minimum absolute atomic E-state index is 0.0595. The molecule has 1 aliphatic heterocycles. The zero-order valence-corrected chi connectivity index (χ0v) is 17.9. The van der Waals surface area contributed by atoms with Crippen LogP contribution in [0.15, 0.2) is 84.2 Å². The van der Waals surface area contributed by atoms with Crippen molar-refractivity contribution in [3.05, 3.63) is 95.6 Å². The first kappa shape index (κ1) is 20.6. The molecule has 0 radical (unpaired) electrons. The van der Waals surface area contributed by atoms with Gasteiger partial charge in [-0.05, 0) is 29.7 Å². The van der Waals surface area contributed by atoms with Crippen molar-refractivity contribution in [3.63, 3.8) is 0 Å². The number of benzene rings is 3. The Hall–Kier alpha value is -4.26. The highest BCUT2D eigenvalue weighted by Gasteiger charge is 2.32. The summed E-state index contributed by atoms with van der Waals surface area (Å²) in [7, 11) is 0. The predicted molar refractivity (Wildman–Crippen MR) is 125 cm³/mol. The van der Waals surface area contributed by atoms with E-state index < -0.39 is 17.6 Å². The fourth-order valence-electron chi connectivity index (χ4n) is 4.28. The maximum Gasteiger partial charge on any atom is 0.254 e. The van der Waals surface area contributed by atoms with Crippen LogP contribution >= 0.6 is 0 Å². The van der Waals surface area contributed by atoms with Gasteiger partial charge in [0, 0.05) is 35.1 Å². The van der Waals surface area contributed by atoms with E-state index in [1.54, 1.807) is 13.1 Å². The van der Waals surface area contributed by atoms with Gasteiger partial charge >= 0.3 is 0 Å². The molecule has 6 nitrogen and oxygen atoms in total. The number of H-pyrrole nitrogens is 1. The van der Waals surface area contributed by atoms with Crippen molar-refractivity contribution in [1.82, 2.24) is 15.5 Å². The van der Waals surface area contributed by atoms with Gasteiger partial charge in [0.25, 0.3) is 5.91 Å². The highest BCUT2D eigenvalue weighted by Crippen LogP contribution is 2.35. The molecule has 2 amide bonds. The molecule has 0 saturated heterocycles. The summed E-state index contributed by atoms with van der Waals surface area (Å²) < 4.78 is 14.6. The van der Waals surface area contributed by atoms with E-state index in [0.717, 1.165) is 16.7 Å². The van der Waals surface area contributed by atoms with Gasteiger partial charge in [0.2, 0.25) is 5.91 Å². The second kappa shape index (κ2) is 8.35. The molecular formula is C26H21FN4O2. The lowest BCUT2D eigenvalue weighted by atomic mass is 9.83. The van der Waals surface area contributed by atoms with Crippen molar-refractivity contribution >= 4 is 28.4 Å². The van der Waals surface area contributed by atoms with Crippen molar-refractivity contribution in [2.45, 2.75) is 19.3 Å². The van der Waals surface area contributed by atoms with Crippen LogP contribution in [0.5, 0.6) is 0 Å². The van der Waals surface area contributed by atoms with Crippen LogP contribution in [0, 0.1) is 5.82 Å². The summed E-state index contributed by atoms with van der Waals surface area (Å²) in [4.78, 5) is 25.6. The van der Waals surface area contributed by atoms with Gasteiger partial charge in [0.15, 0.2) is 0 Å². The number of carbonyl (C=O) groups excluding carboxylic acids is 2. The van der Waals surface area contributed by atoms with E-state index in [0.29, 0.717) is 22.2 Å². The SMILES string of the molecule is CC1=C(C(=O)Nc2cc3cn[nH]c3cc2F)C(c2ccc(-c3ccccc3)cc2)CC(=O)N1. The van der Waals surface area contributed by atoms with Crippen LogP contribution in [0.3, 0.4) is 0 Å². The third kappa shape index (κ3) is 4.01.